The summed E-state index contributed by atoms with van der Waals surface area (Å²) in [5.74, 6) is 0.251. The number of urea groups is 1. The van der Waals surface area contributed by atoms with E-state index >= 15 is 0 Å². The summed E-state index contributed by atoms with van der Waals surface area (Å²) in [4.78, 5) is 28.4. The molecule has 0 spiro atoms. The minimum atomic E-state index is -0.160. The normalized spacial score (nSPS) is 16.0. The molecule has 31 heavy (non-hydrogen) atoms. The molecule has 0 bridgehead atoms. The number of hydrogen-bond donors (Lipinski definition) is 1. The molecule has 1 aliphatic rings. The highest BCUT2D eigenvalue weighted by molar-refractivity contribution is 6.42. The van der Waals surface area contributed by atoms with Crippen molar-refractivity contribution in [1.29, 1.82) is 0 Å². The summed E-state index contributed by atoms with van der Waals surface area (Å²) < 4.78 is 2.01. The minimum absolute atomic E-state index is 0.0429. The Bertz CT molecular complexity index is 1140. The Balaban J connectivity index is 1.51. The lowest BCUT2D eigenvalue weighted by atomic mass is 9.98. The van der Waals surface area contributed by atoms with Crippen molar-refractivity contribution < 1.29 is 9.59 Å². The van der Waals surface area contributed by atoms with Gasteiger partial charge in [-0.25, -0.2) is 4.79 Å². The van der Waals surface area contributed by atoms with E-state index in [1.807, 2.05) is 27.7 Å². The van der Waals surface area contributed by atoms with E-state index in [4.69, 9.17) is 23.2 Å². The quantitative estimate of drug-likeness (QED) is 0.593. The smallest absolute Gasteiger partial charge is 0.321 e. The van der Waals surface area contributed by atoms with Gasteiger partial charge in [-0.3, -0.25) is 4.79 Å². The van der Waals surface area contributed by atoms with Crippen LogP contribution in [0.3, 0.4) is 0 Å². The van der Waals surface area contributed by atoms with Gasteiger partial charge in [-0.05, 0) is 36.2 Å². The van der Waals surface area contributed by atoms with E-state index in [-0.39, 0.29) is 17.9 Å². The van der Waals surface area contributed by atoms with Crippen molar-refractivity contribution in [2.75, 3.05) is 32.5 Å². The lowest BCUT2D eigenvalue weighted by molar-refractivity contribution is -0.129. The van der Waals surface area contributed by atoms with E-state index in [9.17, 15) is 9.59 Å². The van der Waals surface area contributed by atoms with E-state index in [2.05, 4.69) is 17.6 Å². The number of hydrogen-bond acceptors (Lipinski definition) is 2. The van der Waals surface area contributed by atoms with Gasteiger partial charge in [-0.2, -0.15) is 0 Å². The van der Waals surface area contributed by atoms with Crippen molar-refractivity contribution in [1.82, 2.24) is 14.4 Å². The molecule has 3 amide bonds. The second-order valence-corrected chi connectivity index (χ2v) is 8.82. The molecule has 0 radical (unpaired) electrons. The molecule has 6 nitrogen and oxygen atoms in total. The Hall–Kier alpha value is -2.70. The molecule has 1 unspecified atom stereocenters. The third-order valence-electron chi connectivity index (χ3n) is 5.71. The summed E-state index contributed by atoms with van der Waals surface area (Å²) in [7, 11) is 3.52. The Kier molecular flexibility index (Phi) is 6.12. The van der Waals surface area contributed by atoms with Crippen LogP contribution in [0.4, 0.5) is 10.5 Å². The minimum Gasteiger partial charge on any atom is -0.347 e. The Morgan fingerprint density at radius 3 is 2.65 bits per heavy atom. The van der Waals surface area contributed by atoms with Crippen molar-refractivity contribution in [3.05, 3.63) is 64.3 Å². The summed E-state index contributed by atoms with van der Waals surface area (Å²) in [5, 5.41) is 4.87. The van der Waals surface area contributed by atoms with Crippen LogP contribution in [-0.2, 0) is 11.3 Å². The number of likely N-dealkylation sites (tertiary alicyclic amines) is 1. The molecule has 4 rings (SSSR count). The molecule has 1 aliphatic heterocycles. The first kappa shape index (κ1) is 21.5. The van der Waals surface area contributed by atoms with E-state index in [1.54, 1.807) is 37.2 Å². The van der Waals surface area contributed by atoms with Gasteiger partial charge in [0.25, 0.3) is 0 Å². The van der Waals surface area contributed by atoms with E-state index < -0.39 is 0 Å². The van der Waals surface area contributed by atoms with Crippen LogP contribution in [0.2, 0.25) is 10.0 Å². The van der Waals surface area contributed by atoms with Crippen molar-refractivity contribution in [3.8, 4) is 0 Å². The van der Waals surface area contributed by atoms with Crippen molar-refractivity contribution in [2.45, 2.75) is 18.9 Å². The molecule has 0 aliphatic carbocycles. The largest absolute Gasteiger partial charge is 0.347 e. The number of nitrogens with one attached hydrogen (secondary N) is 1. The fraction of sp³-hybridized carbons (Fsp3) is 0.304. The number of rotatable bonds is 4. The molecule has 162 valence electrons. The van der Waals surface area contributed by atoms with E-state index in [0.717, 1.165) is 17.3 Å². The zero-order valence-corrected chi connectivity index (χ0v) is 19.0. The summed E-state index contributed by atoms with van der Waals surface area (Å²) in [5.41, 5.74) is 2.82. The lowest BCUT2D eigenvalue weighted by Gasteiger charge is -2.17. The second-order valence-electron chi connectivity index (χ2n) is 8.01. The predicted molar refractivity (Wildman–Crippen MR) is 125 cm³/mol. The number of amides is 3. The molecule has 0 saturated carbocycles. The molecule has 2 heterocycles. The second kappa shape index (κ2) is 8.81. The fourth-order valence-electron chi connectivity index (χ4n) is 3.99. The Morgan fingerprint density at radius 2 is 1.90 bits per heavy atom. The van der Waals surface area contributed by atoms with Gasteiger partial charge in [0, 0.05) is 55.9 Å². The number of carbonyl (C=O) groups is 2. The average Bonchev–Trinajstić information content (AvgIpc) is 3.36. The standard InChI is InChI=1S/C23H24Cl2N4O2/c1-27(2)22(30)14-29-13-18(17-5-3-4-6-21(17)29)15-9-10-28(12-15)23(31)26-16-7-8-19(24)20(25)11-16/h3-8,11,13,15H,9-10,12,14H2,1-2H3,(H,26,31). The zero-order valence-electron chi connectivity index (χ0n) is 17.4. The predicted octanol–water partition coefficient (Wildman–Crippen LogP) is 5.06. The van der Waals surface area contributed by atoms with Crippen LogP contribution in [0.1, 0.15) is 17.9 Å². The summed E-state index contributed by atoms with van der Waals surface area (Å²) in [6, 6.07) is 13.0. The highest BCUT2D eigenvalue weighted by Crippen LogP contribution is 2.34. The van der Waals surface area contributed by atoms with Crippen molar-refractivity contribution in [3.63, 3.8) is 0 Å². The topological polar surface area (TPSA) is 57.6 Å². The van der Waals surface area contributed by atoms with Gasteiger partial charge >= 0.3 is 6.03 Å². The van der Waals surface area contributed by atoms with Gasteiger partial charge in [0.2, 0.25) is 5.91 Å². The summed E-state index contributed by atoms with van der Waals surface area (Å²) in [6.07, 6.45) is 2.93. The first-order chi connectivity index (χ1) is 14.8. The highest BCUT2D eigenvalue weighted by atomic mass is 35.5. The number of para-hydroxylation sites is 1. The molecular formula is C23H24Cl2N4O2. The number of halogens is 2. The average molecular weight is 459 g/mol. The van der Waals surface area contributed by atoms with Crippen molar-refractivity contribution >= 4 is 51.7 Å². The molecule has 8 heteroatoms. The number of likely N-dealkylation sites (N-methyl/N-ethyl adjacent to an activating group) is 1. The van der Waals surface area contributed by atoms with Gasteiger partial charge in [0.05, 0.1) is 10.0 Å². The van der Waals surface area contributed by atoms with Gasteiger partial charge in [-0.1, -0.05) is 41.4 Å². The molecule has 1 fully saturated rings. The lowest BCUT2D eigenvalue weighted by Crippen LogP contribution is -2.32. The number of fused-ring (bicyclic) bond motifs is 1. The zero-order chi connectivity index (χ0) is 22.1. The SMILES string of the molecule is CN(C)C(=O)Cn1cc(C2CCN(C(=O)Nc3ccc(Cl)c(Cl)c3)C2)c2ccccc21. The summed E-state index contributed by atoms with van der Waals surface area (Å²) in [6.45, 7) is 1.57. The number of carbonyl (C=O) groups excluding carboxylic acids is 2. The maximum absolute atomic E-state index is 12.8. The Labute approximate surface area is 191 Å². The number of benzene rings is 2. The molecule has 1 atom stereocenters. The molecular weight excluding hydrogens is 435 g/mol. The highest BCUT2D eigenvalue weighted by Gasteiger charge is 2.29. The molecule has 2 aromatic carbocycles. The van der Waals surface area contributed by atoms with Gasteiger partial charge in [-0.15, -0.1) is 0 Å². The van der Waals surface area contributed by atoms with Crippen LogP contribution in [0.15, 0.2) is 48.7 Å². The monoisotopic (exact) mass is 458 g/mol. The number of anilines is 1. The third-order valence-corrected chi connectivity index (χ3v) is 6.45. The fourth-order valence-corrected chi connectivity index (χ4v) is 4.29. The van der Waals surface area contributed by atoms with Gasteiger partial charge in [0.15, 0.2) is 0 Å². The summed E-state index contributed by atoms with van der Waals surface area (Å²) >= 11 is 12.0. The van der Waals surface area contributed by atoms with E-state index in [0.29, 0.717) is 35.4 Å². The van der Waals surface area contributed by atoms with E-state index in [1.165, 1.54) is 5.56 Å². The van der Waals surface area contributed by atoms with Crippen LogP contribution in [0.25, 0.3) is 10.9 Å². The Morgan fingerprint density at radius 1 is 1.13 bits per heavy atom. The first-order valence-electron chi connectivity index (χ1n) is 10.1. The molecule has 1 N–H and O–H groups in total. The third kappa shape index (κ3) is 4.50. The first-order valence-corrected chi connectivity index (χ1v) is 10.9. The van der Waals surface area contributed by atoms with Crippen LogP contribution in [-0.4, -0.2) is 53.5 Å². The van der Waals surface area contributed by atoms with Crippen LogP contribution in [0, 0.1) is 0 Å². The molecule has 3 aromatic rings. The number of nitrogens with zero attached hydrogens (tertiary/aromatic N) is 3. The van der Waals surface area contributed by atoms with Crippen LogP contribution < -0.4 is 5.32 Å². The number of aromatic nitrogens is 1. The van der Waals surface area contributed by atoms with Gasteiger partial charge < -0.3 is 19.7 Å². The van der Waals surface area contributed by atoms with Crippen LogP contribution >= 0.6 is 23.2 Å². The molecule has 1 saturated heterocycles. The van der Waals surface area contributed by atoms with Crippen LogP contribution in [0.5, 0.6) is 0 Å². The van der Waals surface area contributed by atoms with Crippen molar-refractivity contribution in [2.24, 2.45) is 0 Å². The molecule has 1 aromatic heterocycles. The maximum Gasteiger partial charge on any atom is 0.321 e. The maximum atomic E-state index is 12.8. The van der Waals surface area contributed by atoms with Gasteiger partial charge in [0.1, 0.15) is 6.54 Å².